The van der Waals surface area contributed by atoms with Gasteiger partial charge < -0.3 is 15.2 Å². The van der Waals surface area contributed by atoms with Gasteiger partial charge in [0.2, 0.25) is 0 Å². The van der Waals surface area contributed by atoms with Crippen molar-refractivity contribution in [2.45, 2.75) is 13.0 Å². The zero-order chi connectivity index (χ0) is 11.5. The lowest BCUT2D eigenvalue weighted by Gasteiger charge is -2.24. The van der Waals surface area contributed by atoms with Crippen molar-refractivity contribution in [1.82, 2.24) is 5.32 Å². The van der Waals surface area contributed by atoms with E-state index in [1.165, 1.54) is 0 Å². The Morgan fingerprint density at radius 2 is 2.38 bits per heavy atom. The summed E-state index contributed by atoms with van der Waals surface area (Å²) in [6.45, 7) is 4.06. The van der Waals surface area contributed by atoms with E-state index < -0.39 is 5.97 Å². The van der Waals surface area contributed by atoms with Crippen LogP contribution in [-0.4, -0.2) is 30.8 Å². The highest BCUT2D eigenvalue weighted by Crippen LogP contribution is 2.21. The van der Waals surface area contributed by atoms with Gasteiger partial charge in [0.1, 0.15) is 0 Å². The first kappa shape index (κ1) is 11.1. The molecule has 0 saturated carbocycles. The van der Waals surface area contributed by atoms with Gasteiger partial charge in [0.15, 0.2) is 0 Å². The number of nitrogens with one attached hydrogen (secondary N) is 1. The second-order valence-electron chi connectivity index (χ2n) is 3.94. The van der Waals surface area contributed by atoms with Gasteiger partial charge in [-0.2, -0.15) is 0 Å². The van der Waals surface area contributed by atoms with Crippen LogP contribution < -0.4 is 5.32 Å². The summed E-state index contributed by atoms with van der Waals surface area (Å²) in [4.78, 5) is 11.0. The molecule has 1 saturated heterocycles. The average molecular weight is 221 g/mol. The summed E-state index contributed by atoms with van der Waals surface area (Å²) in [6, 6.07) is 5.46. The summed E-state index contributed by atoms with van der Waals surface area (Å²) in [7, 11) is 0. The van der Waals surface area contributed by atoms with Crippen LogP contribution in [-0.2, 0) is 4.74 Å². The molecular formula is C12H15NO3. The predicted octanol–water partition coefficient (Wildman–Crippen LogP) is 1.35. The molecule has 86 valence electrons. The SMILES string of the molecule is Cc1ccc(C2CNCCO2)cc1C(=O)O. The smallest absolute Gasteiger partial charge is 0.335 e. The van der Waals surface area contributed by atoms with Crippen LogP contribution in [0.4, 0.5) is 0 Å². The highest BCUT2D eigenvalue weighted by molar-refractivity contribution is 5.89. The van der Waals surface area contributed by atoms with Crippen molar-refractivity contribution in [2.75, 3.05) is 19.7 Å². The fraction of sp³-hybridized carbons (Fsp3) is 0.417. The lowest BCUT2D eigenvalue weighted by atomic mass is 10.0. The van der Waals surface area contributed by atoms with Crippen LogP contribution >= 0.6 is 0 Å². The molecule has 2 N–H and O–H groups in total. The molecule has 1 heterocycles. The molecule has 0 radical (unpaired) electrons. The Labute approximate surface area is 94.2 Å². The largest absolute Gasteiger partial charge is 0.478 e. The normalized spacial score (nSPS) is 20.7. The van der Waals surface area contributed by atoms with Crippen LogP contribution in [0.3, 0.4) is 0 Å². The summed E-state index contributed by atoms with van der Waals surface area (Å²) in [6.07, 6.45) is -0.0348. The molecule has 1 fully saturated rings. The van der Waals surface area contributed by atoms with Gasteiger partial charge in [-0.1, -0.05) is 12.1 Å². The highest BCUT2D eigenvalue weighted by Gasteiger charge is 2.17. The number of aromatic carboxylic acids is 1. The fourth-order valence-electron chi connectivity index (χ4n) is 1.85. The van der Waals surface area contributed by atoms with Crippen molar-refractivity contribution in [1.29, 1.82) is 0 Å². The molecule has 4 nitrogen and oxygen atoms in total. The molecule has 0 bridgehead atoms. The third-order valence-electron chi connectivity index (χ3n) is 2.79. The quantitative estimate of drug-likeness (QED) is 0.791. The summed E-state index contributed by atoms with van der Waals surface area (Å²) >= 11 is 0. The lowest BCUT2D eigenvalue weighted by molar-refractivity contribution is 0.0276. The number of ether oxygens (including phenoxy) is 1. The van der Waals surface area contributed by atoms with E-state index in [0.717, 1.165) is 24.2 Å². The third kappa shape index (κ3) is 2.23. The molecule has 1 aliphatic heterocycles. The lowest BCUT2D eigenvalue weighted by Crippen LogP contribution is -2.33. The van der Waals surface area contributed by atoms with Crippen molar-refractivity contribution >= 4 is 5.97 Å². The first-order valence-corrected chi connectivity index (χ1v) is 5.34. The Balaban J connectivity index is 2.27. The number of carboxylic acid groups (broad SMARTS) is 1. The topological polar surface area (TPSA) is 58.6 Å². The minimum atomic E-state index is -0.886. The zero-order valence-electron chi connectivity index (χ0n) is 9.19. The molecule has 1 aromatic carbocycles. The van der Waals surface area contributed by atoms with E-state index in [-0.39, 0.29) is 6.10 Å². The number of carbonyl (C=O) groups is 1. The first-order valence-electron chi connectivity index (χ1n) is 5.34. The molecule has 0 spiro atoms. The van der Waals surface area contributed by atoms with Gasteiger partial charge in [0, 0.05) is 13.1 Å². The summed E-state index contributed by atoms with van der Waals surface area (Å²) in [5.41, 5.74) is 2.06. The Morgan fingerprint density at radius 1 is 1.56 bits per heavy atom. The fourth-order valence-corrected chi connectivity index (χ4v) is 1.85. The Kier molecular flexibility index (Phi) is 3.22. The molecule has 1 unspecified atom stereocenters. The van der Waals surface area contributed by atoms with E-state index in [2.05, 4.69) is 5.32 Å². The standard InChI is InChI=1S/C12H15NO3/c1-8-2-3-9(6-10(8)12(14)15)11-7-13-4-5-16-11/h2-3,6,11,13H,4-5,7H2,1H3,(H,14,15). The van der Waals surface area contributed by atoms with Crippen LogP contribution in [0.1, 0.15) is 27.6 Å². The summed E-state index contributed by atoms with van der Waals surface area (Å²) < 4.78 is 5.58. The molecule has 0 aromatic heterocycles. The van der Waals surface area contributed by atoms with E-state index in [4.69, 9.17) is 9.84 Å². The minimum Gasteiger partial charge on any atom is -0.478 e. The van der Waals surface area contributed by atoms with Crippen LogP contribution in [0.25, 0.3) is 0 Å². The first-order chi connectivity index (χ1) is 7.68. The van der Waals surface area contributed by atoms with E-state index in [1.807, 2.05) is 12.1 Å². The summed E-state index contributed by atoms with van der Waals surface area (Å²) in [5.74, 6) is -0.886. The van der Waals surface area contributed by atoms with E-state index in [1.54, 1.807) is 13.0 Å². The van der Waals surface area contributed by atoms with E-state index >= 15 is 0 Å². The Morgan fingerprint density at radius 3 is 3.00 bits per heavy atom. The Hall–Kier alpha value is -1.39. The van der Waals surface area contributed by atoms with E-state index in [0.29, 0.717) is 12.2 Å². The molecule has 0 amide bonds. The molecule has 1 aliphatic rings. The second kappa shape index (κ2) is 4.63. The average Bonchev–Trinajstić information content (AvgIpc) is 2.30. The molecule has 0 aliphatic carbocycles. The van der Waals surface area contributed by atoms with Gasteiger partial charge in [0.05, 0.1) is 18.3 Å². The van der Waals surface area contributed by atoms with E-state index in [9.17, 15) is 4.79 Å². The monoisotopic (exact) mass is 221 g/mol. The number of rotatable bonds is 2. The van der Waals surface area contributed by atoms with Crippen molar-refractivity contribution in [3.05, 3.63) is 34.9 Å². The predicted molar refractivity (Wildman–Crippen MR) is 59.7 cm³/mol. The van der Waals surface area contributed by atoms with Crippen LogP contribution in [0.2, 0.25) is 0 Å². The van der Waals surface area contributed by atoms with Crippen molar-refractivity contribution in [3.63, 3.8) is 0 Å². The van der Waals surface area contributed by atoms with Gasteiger partial charge in [-0.15, -0.1) is 0 Å². The van der Waals surface area contributed by atoms with Crippen LogP contribution in [0.5, 0.6) is 0 Å². The van der Waals surface area contributed by atoms with Crippen LogP contribution in [0, 0.1) is 6.92 Å². The number of aryl methyl sites for hydroxylation is 1. The number of morpholine rings is 1. The van der Waals surface area contributed by atoms with Gasteiger partial charge >= 0.3 is 5.97 Å². The molecule has 1 atom stereocenters. The zero-order valence-corrected chi connectivity index (χ0v) is 9.19. The molecule has 2 rings (SSSR count). The molecule has 16 heavy (non-hydrogen) atoms. The van der Waals surface area contributed by atoms with Crippen molar-refractivity contribution in [2.24, 2.45) is 0 Å². The number of benzene rings is 1. The van der Waals surface area contributed by atoms with Crippen molar-refractivity contribution < 1.29 is 14.6 Å². The maximum absolute atomic E-state index is 11.0. The second-order valence-corrected chi connectivity index (χ2v) is 3.94. The van der Waals surface area contributed by atoms with Gasteiger partial charge in [-0.25, -0.2) is 4.79 Å². The maximum Gasteiger partial charge on any atom is 0.335 e. The van der Waals surface area contributed by atoms with Gasteiger partial charge in [0.25, 0.3) is 0 Å². The minimum absolute atomic E-state index is 0.0348. The highest BCUT2D eigenvalue weighted by atomic mass is 16.5. The molecule has 4 heteroatoms. The molecular weight excluding hydrogens is 206 g/mol. The number of hydrogen-bond donors (Lipinski definition) is 2. The Bertz CT molecular complexity index is 397. The number of carboxylic acids is 1. The third-order valence-corrected chi connectivity index (χ3v) is 2.79. The van der Waals surface area contributed by atoms with Crippen molar-refractivity contribution in [3.8, 4) is 0 Å². The maximum atomic E-state index is 11.0. The summed E-state index contributed by atoms with van der Waals surface area (Å²) in [5, 5.41) is 12.3. The number of hydrogen-bond acceptors (Lipinski definition) is 3. The van der Waals surface area contributed by atoms with Gasteiger partial charge in [-0.05, 0) is 24.1 Å². The molecule has 1 aromatic rings. The van der Waals surface area contributed by atoms with Crippen LogP contribution in [0.15, 0.2) is 18.2 Å². The van der Waals surface area contributed by atoms with Gasteiger partial charge in [-0.3, -0.25) is 0 Å².